The normalized spacial score (nSPS) is 9.94. The van der Waals surface area contributed by atoms with Crippen molar-refractivity contribution >= 4 is 12.0 Å². The van der Waals surface area contributed by atoms with Crippen LogP contribution in [0.3, 0.4) is 0 Å². The first-order chi connectivity index (χ1) is 7.72. The Morgan fingerprint density at radius 1 is 1.38 bits per heavy atom. The van der Waals surface area contributed by atoms with Crippen molar-refractivity contribution in [3.05, 3.63) is 23.8 Å². The predicted molar refractivity (Wildman–Crippen MR) is 63.5 cm³/mol. The molecule has 1 aromatic carbocycles. The zero-order chi connectivity index (χ0) is 12.0. The smallest absolute Gasteiger partial charge is 0.150 e. The van der Waals surface area contributed by atoms with Gasteiger partial charge in [-0.1, -0.05) is 0 Å². The van der Waals surface area contributed by atoms with E-state index in [9.17, 15) is 4.79 Å². The van der Waals surface area contributed by atoms with Gasteiger partial charge in [-0.3, -0.25) is 4.79 Å². The quantitative estimate of drug-likeness (QED) is 0.686. The van der Waals surface area contributed by atoms with E-state index < -0.39 is 0 Å². The van der Waals surface area contributed by atoms with Crippen molar-refractivity contribution in [1.82, 2.24) is 0 Å². The lowest BCUT2D eigenvalue weighted by atomic mass is 10.2. The van der Waals surface area contributed by atoms with Crippen molar-refractivity contribution in [2.45, 2.75) is 0 Å². The van der Waals surface area contributed by atoms with Crippen molar-refractivity contribution in [2.75, 3.05) is 39.3 Å². The van der Waals surface area contributed by atoms with Crippen LogP contribution in [0.2, 0.25) is 0 Å². The molecule has 0 aliphatic heterocycles. The third kappa shape index (κ3) is 2.97. The van der Waals surface area contributed by atoms with Crippen molar-refractivity contribution in [1.29, 1.82) is 0 Å². The minimum Gasteiger partial charge on any atom is -0.495 e. The van der Waals surface area contributed by atoms with Gasteiger partial charge in [-0.15, -0.1) is 0 Å². The first kappa shape index (κ1) is 12.5. The Bertz CT molecular complexity index is 352. The first-order valence-electron chi connectivity index (χ1n) is 5.06. The molecular weight excluding hydrogens is 206 g/mol. The Kier molecular flexibility index (Phi) is 4.79. The second-order valence-electron chi connectivity index (χ2n) is 3.46. The SMILES string of the molecule is COCCN(C)c1ccc(C=O)cc1OC. The van der Waals surface area contributed by atoms with Gasteiger partial charge in [0.1, 0.15) is 12.0 Å². The van der Waals surface area contributed by atoms with Gasteiger partial charge in [0.05, 0.1) is 19.4 Å². The number of hydrogen-bond donors (Lipinski definition) is 0. The van der Waals surface area contributed by atoms with Gasteiger partial charge in [0.15, 0.2) is 0 Å². The Balaban J connectivity index is 2.89. The molecule has 0 radical (unpaired) electrons. The molecule has 0 N–H and O–H groups in total. The number of hydrogen-bond acceptors (Lipinski definition) is 4. The van der Waals surface area contributed by atoms with E-state index in [2.05, 4.69) is 0 Å². The molecule has 1 rings (SSSR count). The molecule has 0 heterocycles. The van der Waals surface area contributed by atoms with Crippen LogP contribution >= 0.6 is 0 Å². The Labute approximate surface area is 95.8 Å². The van der Waals surface area contributed by atoms with Crippen LogP contribution < -0.4 is 9.64 Å². The summed E-state index contributed by atoms with van der Waals surface area (Å²) in [5.74, 6) is 0.697. The van der Waals surface area contributed by atoms with Crippen LogP contribution in [0.5, 0.6) is 5.75 Å². The van der Waals surface area contributed by atoms with E-state index in [4.69, 9.17) is 9.47 Å². The number of carbonyl (C=O) groups excluding carboxylic acids is 1. The van der Waals surface area contributed by atoms with Gasteiger partial charge in [-0.25, -0.2) is 0 Å². The van der Waals surface area contributed by atoms with E-state index in [1.165, 1.54) is 0 Å². The highest BCUT2D eigenvalue weighted by atomic mass is 16.5. The van der Waals surface area contributed by atoms with Crippen LogP contribution in [0.25, 0.3) is 0 Å². The van der Waals surface area contributed by atoms with Gasteiger partial charge in [-0.05, 0) is 18.2 Å². The molecule has 16 heavy (non-hydrogen) atoms. The number of likely N-dealkylation sites (N-methyl/N-ethyl adjacent to an activating group) is 1. The highest BCUT2D eigenvalue weighted by Crippen LogP contribution is 2.27. The second-order valence-corrected chi connectivity index (χ2v) is 3.46. The monoisotopic (exact) mass is 223 g/mol. The summed E-state index contributed by atoms with van der Waals surface area (Å²) in [4.78, 5) is 12.7. The number of benzene rings is 1. The van der Waals surface area contributed by atoms with Gasteiger partial charge in [0.25, 0.3) is 0 Å². The van der Waals surface area contributed by atoms with E-state index in [1.54, 1.807) is 26.4 Å². The molecule has 0 aliphatic carbocycles. The molecule has 4 heteroatoms. The molecule has 1 aromatic rings. The fourth-order valence-corrected chi connectivity index (χ4v) is 1.43. The molecule has 4 nitrogen and oxygen atoms in total. The summed E-state index contributed by atoms with van der Waals surface area (Å²) < 4.78 is 10.3. The Hall–Kier alpha value is -1.55. The average Bonchev–Trinajstić information content (AvgIpc) is 2.34. The van der Waals surface area contributed by atoms with Crippen LogP contribution in [0, 0.1) is 0 Å². The first-order valence-corrected chi connectivity index (χ1v) is 5.06. The van der Waals surface area contributed by atoms with Gasteiger partial charge in [0.2, 0.25) is 0 Å². The standard InChI is InChI=1S/C12H17NO3/c1-13(6-7-15-2)11-5-4-10(9-14)8-12(11)16-3/h4-5,8-9H,6-7H2,1-3H3. The summed E-state index contributed by atoms with van der Waals surface area (Å²) >= 11 is 0. The molecule has 88 valence electrons. The summed E-state index contributed by atoms with van der Waals surface area (Å²) in [5.41, 5.74) is 1.56. The molecule has 0 spiro atoms. The maximum atomic E-state index is 10.6. The van der Waals surface area contributed by atoms with Crippen molar-refractivity contribution in [2.24, 2.45) is 0 Å². The third-order valence-corrected chi connectivity index (χ3v) is 2.38. The minimum atomic E-state index is 0.612. The van der Waals surface area contributed by atoms with Gasteiger partial charge >= 0.3 is 0 Å². The van der Waals surface area contributed by atoms with Crippen molar-refractivity contribution in [3.63, 3.8) is 0 Å². The fourth-order valence-electron chi connectivity index (χ4n) is 1.43. The number of nitrogens with zero attached hydrogens (tertiary/aromatic N) is 1. The Morgan fingerprint density at radius 3 is 2.69 bits per heavy atom. The Morgan fingerprint density at radius 2 is 2.12 bits per heavy atom. The fraction of sp³-hybridized carbons (Fsp3) is 0.417. The lowest BCUT2D eigenvalue weighted by Crippen LogP contribution is -2.22. The molecule has 0 saturated carbocycles. The molecule has 0 fully saturated rings. The zero-order valence-electron chi connectivity index (χ0n) is 9.90. The minimum absolute atomic E-state index is 0.612. The molecule has 0 amide bonds. The van der Waals surface area contributed by atoms with Gasteiger partial charge in [-0.2, -0.15) is 0 Å². The third-order valence-electron chi connectivity index (χ3n) is 2.38. The maximum absolute atomic E-state index is 10.6. The van der Waals surface area contributed by atoms with Gasteiger partial charge < -0.3 is 14.4 Å². The van der Waals surface area contributed by atoms with E-state index in [0.29, 0.717) is 17.9 Å². The van der Waals surface area contributed by atoms with Crippen molar-refractivity contribution in [3.8, 4) is 5.75 Å². The lowest BCUT2D eigenvalue weighted by molar-refractivity contribution is 0.112. The van der Waals surface area contributed by atoms with Crippen LogP contribution in [0.1, 0.15) is 10.4 Å². The second kappa shape index (κ2) is 6.12. The van der Waals surface area contributed by atoms with E-state index in [0.717, 1.165) is 18.5 Å². The lowest BCUT2D eigenvalue weighted by Gasteiger charge is -2.21. The molecular formula is C12H17NO3. The molecule has 0 unspecified atom stereocenters. The van der Waals surface area contributed by atoms with Crippen LogP contribution in [0.15, 0.2) is 18.2 Å². The summed E-state index contributed by atoms with van der Waals surface area (Å²) in [7, 11) is 5.22. The number of anilines is 1. The highest BCUT2D eigenvalue weighted by molar-refractivity contribution is 5.78. The summed E-state index contributed by atoms with van der Waals surface area (Å²) in [6.45, 7) is 1.42. The van der Waals surface area contributed by atoms with Crippen LogP contribution in [0.4, 0.5) is 5.69 Å². The predicted octanol–water partition coefficient (Wildman–Crippen LogP) is 1.59. The summed E-state index contributed by atoms with van der Waals surface area (Å²) in [6, 6.07) is 5.37. The van der Waals surface area contributed by atoms with Crippen LogP contribution in [-0.2, 0) is 4.74 Å². The largest absolute Gasteiger partial charge is 0.495 e. The molecule has 0 aliphatic rings. The number of rotatable bonds is 6. The van der Waals surface area contributed by atoms with Crippen molar-refractivity contribution < 1.29 is 14.3 Å². The molecule has 0 aromatic heterocycles. The molecule has 0 atom stereocenters. The van der Waals surface area contributed by atoms with E-state index in [-0.39, 0.29) is 0 Å². The number of aldehydes is 1. The molecule has 0 bridgehead atoms. The topological polar surface area (TPSA) is 38.8 Å². The highest BCUT2D eigenvalue weighted by Gasteiger charge is 2.08. The number of ether oxygens (including phenoxy) is 2. The summed E-state index contributed by atoms with van der Waals surface area (Å²) in [6.07, 6.45) is 0.807. The summed E-state index contributed by atoms with van der Waals surface area (Å²) in [5, 5.41) is 0. The van der Waals surface area contributed by atoms with E-state index >= 15 is 0 Å². The average molecular weight is 223 g/mol. The van der Waals surface area contributed by atoms with Gasteiger partial charge in [0, 0.05) is 26.3 Å². The zero-order valence-corrected chi connectivity index (χ0v) is 9.90. The molecule has 0 saturated heterocycles. The van der Waals surface area contributed by atoms with E-state index in [1.807, 2.05) is 18.0 Å². The number of methoxy groups -OCH3 is 2. The van der Waals surface area contributed by atoms with Crippen LogP contribution in [-0.4, -0.2) is 40.7 Å². The maximum Gasteiger partial charge on any atom is 0.150 e. The number of carbonyl (C=O) groups is 1.